The van der Waals surface area contributed by atoms with Crippen LogP contribution < -0.4 is 4.90 Å². The van der Waals surface area contributed by atoms with Gasteiger partial charge in [0.15, 0.2) is 0 Å². The number of rotatable bonds is 3. The van der Waals surface area contributed by atoms with Crippen molar-refractivity contribution < 1.29 is 0 Å². The second-order valence-electron chi connectivity index (χ2n) is 13.7. The summed E-state index contributed by atoms with van der Waals surface area (Å²) in [6.45, 7) is 0. The minimum atomic E-state index is 0.247. The second-order valence-corrected chi connectivity index (χ2v) is 13.7. The Bertz CT molecular complexity index is 2820. The van der Waals surface area contributed by atoms with Gasteiger partial charge < -0.3 is 9.47 Å². The van der Waals surface area contributed by atoms with Gasteiger partial charge in [0.2, 0.25) is 0 Å². The van der Waals surface area contributed by atoms with E-state index in [0.29, 0.717) is 0 Å². The Labute approximate surface area is 290 Å². The molecule has 0 N–H and O–H groups in total. The monoisotopic (exact) mass is 636 g/mol. The van der Waals surface area contributed by atoms with Crippen molar-refractivity contribution in [3.63, 3.8) is 0 Å². The van der Waals surface area contributed by atoms with E-state index in [9.17, 15) is 0 Å². The topological polar surface area (TPSA) is 8.17 Å². The highest BCUT2D eigenvalue weighted by atomic mass is 15.2. The number of benzene rings is 8. The lowest BCUT2D eigenvalue weighted by Crippen LogP contribution is -2.30. The van der Waals surface area contributed by atoms with E-state index >= 15 is 0 Å². The molecule has 1 unspecified atom stereocenters. The standard InChI is InChI=1S/C48H32N2/c1-2-14-33(15-3-1)49-45-23-10-8-21-40(45)43-30-48-44(29-47(43)49)41-22-9-11-24-46(41)50(48)34-16-12-13-31(27-34)32-25-26-39-37-19-5-4-17-35(37)36-18-6-7-20-38(36)42(39)28-32/h1-28,30,47H,29H2. The molecule has 1 aliphatic heterocycles. The van der Waals surface area contributed by atoms with Gasteiger partial charge >= 0.3 is 0 Å². The number of anilines is 2. The van der Waals surface area contributed by atoms with E-state index in [4.69, 9.17) is 0 Å². The summed E-state index contributed by atoms with van der Waals surface area (Å²) in [6, 6.07) is 62.7. The van der Waals surface area contributed by atoms with Crippen molar-refractivity contribution in [1.82, 2.24) is 4.57 Å². The van der Waals surface area contributed by atoms with Crippen LogP contribution >= 0.6 is 0 Å². The smallest absolute Gasteiger partial charge is 0.0640 e. The number of nitrogens with zero attached hydrogens (tertiary/aromatic N) is 2. The summed E-state index contributed by atoms with van der Waals surface area (Å²) >= 11 is 0. The summed E-state index contributed by atoms with van der Waals surface area (Å²) in [7, 11) is 0. The molecule has 2 heterocycles. The molecular weight excluding hydrogens is 605 g/mol. The third-order valence-electron chi connectivity index (χ3n) is 11.1. The SMILES string of the molecule is C1=C2c3ccccc3N(c3ccccc3)C2Cc2c1n(-c1cccc(-c3ccc4c5ccccc5c5ccccc5c4c3)c1)c1ccccc21. The third-order valence-corrected chi connectivity index (χ3v) is 11.1. The van der Waals surface area contributed by atoms with Gasteiger partial charge in [0.1, 0.15) is 0 Å². The van der Waals surface area contributed by atoms with Gasteiger partial charge in [-0.05, 0) is 103 Å². The van der Waals surface area contributed by atoms with Crippen LogP contribution in [0.3, 0.4) is 0 Å². The van der Waals surface area contributed by atoms with E-state index in [0.717, 1.165) is 6.42 Å². The first kappa shape index (κ1) is 27.6. The van der Waals surface area contributed by atoms with E-state index in [2.05, 4.69) is 185 Å². The van der Waals surface area contributed by atoms with Crippen LogP contribution in [0, 0.1) is 0 Å². The normalized spacial score (nSPS) is 15.0. The van der Waals surface area contributed by atoms with E-state index in [1.54, 1.807) is 0 Å². The molecule has 234 valence electrons. The van der Waals surface area contributed by atoms with Gasteiger partial charge in [-0.15, -0.1) is 0 Å². The van der Waals surface area contributed by atoms with Crippen molar-refractivity contribution in [2.24, 2.45) is 0 Å². The molecule has 1 atom stereocenters. The van der Waals surface area contributed by atoms with Gasteiger partial charge in [-0.1, -0.05) is 127 Å². The molecule has 1 aliphatic carbocycles. The molecule has 1 aromatic heterocycles. The number of hydrogen-bond acceptors (Lipinski definition) is 1. The Morgan fingerprint density at radius 3 is 1.82 bits per heavy atom. The molecule has 0 radical (unpaired) electrons. The van der Waals surface area contributed by atoms with Gasteiger partial charge in [0.05, 0.1) is 17.3 Å². The number of aromatic nitrogens is 1. The summed E-state index contributed by atoms with van der Waals surface area (Å²) in [5.74, 6) is 0. The van der Waals surface area contributed by atoms with Crippen LogP contribution in [0.25, 0.3) is 71.7 Å². The van der Waals surface area contributed by atoms with E-state index in [-0.39, 0.29) is 6.04 Å². The van der Waals surface area contributed by atoms with Gasteiger partial charge in [-0.2, -0.15) is 0 Å². The molecule has 2 aliphatic rings. The van der Waals surface area contributed by atoms with Crippen LogP contribution in [0.1, 0.15) is 16.8 Å². The van der Waals surface area contributed by atoms with Crippen molar-refractivity contribution in [2.45, 2.75) is 12.5 Å². The third kappa shape index (κ3) is 3.90. The molecule has 11 rings (SSSR count). The van der Waals surface area contributed by atoms with Crippen molar-refractivity contribution >= 4 is 66.2 Å². The predicted octanol–water partition coefficient (Wildman–Crippen LogP) is 12.4. The molecule has 8 aromatic carbocycles. The molecular formula is C48H32N2. The molecule has 2 nitrogen and oxygen atoms in total. The Morgan fingerprint density at radius 2 is 1.04 bits per heavy atom. The van der Waals surface area contributed by atoms with Crippen LogP contribution in [0.4, 0.5) is 11.4 Å². The van der Waals surface area contributed by atoms with Crippen molar-refractivity contribution in [2.75, 3.05) is 4.90 Å². The number of hydrogen-bond donors (Lipinski definition) is 0. The lowest BCUT2D eigenvalue weighted by Gasteiger charge is -2.30. The fourth-order valence-electron chi connectivity index (χ4n) is 8.92. The quantitative estimate of drug-likeness (QED) is 0.175. The van der Waals surface area contributed by atoms with E-state index < -0.39 is 0 Å². The highest BCUT2D eigenvalue weighted by Gasteiger charge is 2.39. The lowest BCUT2D eigenvalue weighted by atomic mass is 9.89. The van der Waals surface area contributed by atoms with Crippen LogP contribution in [-0.2, 0) is 6.42 Å². The van der Waals surface area contributed by atoms with Gasteiger partial charge in [0, 0.05) is 34.4 Å². The summed E-state index contributed by atoms with van der Waals surface area (Å²) < 4.78 is 2.50. The Hall–Kier alpha value is -6.38. The minimum absolute atomic E-state index is 0.247. The highest BCUT2D eigenvalue weighted by Crippen LogP contribution is 2.50. The van der Waals surface area contributed by atoms with Crippen molar-refractivity contribution in [3.8, 4) is 16.8 Å². The second kappa shape index (κ2) is 10.6. The van der Waals surface area contributed by atoms with Crippen molar-refractivity contribution in [3.05, 3.63) is 187 Å². The molecule has 0 amide bonds. The maximum atomic E-state index is 2.55. The van der Waals surface area contributed by atoms with Crippen LogP contribution in [-0.4, -0.2) is 10.6 Å². The summed E-state index contributed by atoms with van der Waals surface area (Å²) in [4.78, 5) is 2.55. The Morgan fingerprint density at radius 1 is 0.440 bits per heavy atom. The maximum Gasteiger partial charge on any atom is 0.0640 e. The summed E-state index contributed by atoms with van der Waals surface area (Å²) in [5.41, 5.74) is 12.8. The zero-order valence-corrected chi connectivity index (χ0v) is 27.4. The zero-order valence-electron chi connectivity index (χ0n) is 27.4. The molecule has 0 saturated carbocycles. The summed E-state index contributed by atoms with van der Waals surface area (Å²) in [5, 5.41) is 9.14. The number of para-hydroxylation sites is 3. The molecule has 0 saturated heterocycles. The maximum absolute atomic E-state index is 2.55. The first-order valence-corrected chi connectivity index (χ1v) is 17.5. The van der Waals surface area contributed by atoms with Crippen LogP contribution in [0.5, 0.6) is 0 Å². The molecule has 2 heteroatoms. The fraction of sp³-hybridized carbons (Fsp3) is 0.0417. The van der Waals surface area contributed by atoms with E-state index in [1.807, 2.05) is 0 Å². The average Bonchev–Trinajstić information content (AvgIpc) is 3.69. The Kier molecular flexibility index (Phi) is 5.82. The zero-order chi connectivity index (χ0) is 32.8. The largest absolute Gasteiger partial charge is 0.333 e. The van der Waals surface area contributed by atoms with Gasteiger partial charge in [0.25, 0.3) is 0 Å². The van der Waals surface area contributed by atoms with Crippen LogP contribution in [0.15, 0.2) is 170 Å². The van der Waals surface area contributed by atoms with Crippen LogP contribution in [0.2, 0.25) is 0 Å². The van der Waals surface area contributed by atoms with Crippen molar-refractivity contribution in [1.29, 1.82) is 0 Å². The predicted molar refractivity (Wildman–Crippen MR) is 212 cm³/mol. The molecule has 0 fully saturated rings. The molecule has 0 bridgehead atoms. The number of fused-ring (bicyclic) bond motifs is 12. The van der Waals surface area contributed by atoms with E-state index in [1.165, 1.54) is 93.8 Å². The van der Waals surface area contributed by atoms with Gasteiger partial charge in [-0.25, -0.2) is 0 Å². The molecule has 9 aromatic rings. The van der Waals surface area contributed by atoms with Gasteiger partial charge in [-0.3, -0.25) is 0 Å². The molecule has 50 heavy (non-hydrogen) atoms. The highest BCUT2D eigenvalue weighted by molar-refractivity contribution is 6.25. The summed E-state index contributed by atoms with van der Waals surface area (Å²) in [6.07, 6.45) is 3.43. The first-order chi connectivity index (χ1) is 24.8. The molecule has 0 spiro atoms. The minimum Gasteiger partial charge on any atom is -0.333 e. The Balaban J connectivity index is 1.10. The first-order valence-electron chi connectivity index (χ1n) is 17.5. The lowest BCUT2D eigenvalue weighted by molar-refractivity contribution is 0.806. The average molecular weight is 637 g/mol. The fourth-order valence-corrected chi connectivity index (χ4v) is 8.92.